The Bertz CT molecular complexity index is 1740. The number of hydrogen-bond acceptors (Lipinski definition) is 28. The molecule has 0 aliphatic carbocycles. The number of ether oxygens (including phenoxy) is 4. The summed E-state index contributed by atoms with van der Waals surface area (Å²) in [6.45, 7) is 2.03. The second-order valence-corrected chi connectivity index (χ2v) is 21.1. The van der Waals surface area contributed by atoms with Gasteiger partial charge < -0.3 is 137 Å². The quantitative estimate of drug-likeness (QED) is 0.0210. The van der Waals surface area contributed by atoms with Gasteiger partial charge in [0.2, 0.25) is 0 Å². The summed E-state index contributed by atoms with van der Waals surface area (Å²) in [6, 6.07) is 0. The summed E-state index contributed by atoms with van der Waals surface area (Å²) < 4.78 is 21.0. The van der Waals surface area contributed by atoms with Crippen molar-refractivity contribution in [1.82, 2.24) is 0 Å². The molecule has 0 rings (SSSR count). The zero-order valence-corrected chi connectivity index (χ0v) is 47.6. The van der Waals surface area contributed by atoms with Gasteiger partial charge in [-0.3, -0.25) is 19.2 Å². The maximum absolute atomic E-state index is 11.3. The van der Waals surface area contributed by atoms with Gasteiger partial charge in [0.1, 0.15) is 75.0 Å². The molecule has 0 amide bonds. The van der Waals surface area contributed by atoms with Gasteiger partial charge in [-0.15, -0.1) is 0 Å². The fourth-order valence-electron chi connectivity index (χ4n) is 4.68. The van der Waals surface area contributed by atoms with Crippen molar-refractivity contribution in [2.45, 2.75) is 73.8 Å². The van der Waals surface area contributed by atoms with E-state index in [-0.39, 0.29) is 60.6 Å². The molecule has 0 radical (unpaired) electrons. The monoisotopic (exact) mass is 1220 g/mol. The molecule has 0 aromatic heterocycles. The number of carbonyl (C=O) groups excluding carboxylic acids is 12. The number of nitrogens with zero attached hydrogens (tertiary/aromatic N) is 4. The van der Waals surface area contributed by atoms with Crippen LogP contribution in [0.5, 0.6) is 0 Å². The molecule has 32 nitrogen and oxygen atoms in total. The number of carboxylic acids is 8. The van der Waals surface area contributed by atoms with Gasteiger partial charge in [-0.05, 0) is 0 Å². The van der Waals surface area contributed by atoms with Crippen LogP contribution in [0.4, 0.5) is 0 Å². The van der Waals surface area contributed by atoms with E-state index in [0.717, 1.165) is 0 Å². The molecule has 0 aliphatic rings. The molecule has 0 aromatic carbocycles. The number of carbonyl (C=O) groups is 12. The van der Waals surface area contributed by atoms with E-state index in [9.17, 15) is 119 Å². The number of aliphatic carboxylic acids is 8. The molecule has 4 N–H and O–H groups in total. The number of rotatable bonds is 32. The third-order valence-corrected chi connectivity index (χ3v) is 9.11. The Labute approximate surface area is 470 Å². The Balaban J connectivity index is -0.000000220. The van der Waals surface area contributed by atoms with Gasteiger partial charge in [0.25, 0.3) is 0 Å². The third kappa shape index (κ3) is 45.4. The van der Waals surface area contributed by atoms with Crippen molar-refractivity contribution in [3.8, 4) is 0 Å². The van der Waals surface area contributed by atoms with Gasteiger partial charge in [-0.25, -0.2) is 0 Å². The summed E-state index contributed by atoms with van der Waals surface area (Å²) in [4.78, 5) is 129. The summed E-state index contributed by atoms with van der Waals surface area (Å²) in [5, 5.41) is 122. The molecule has 4 atom stereocenters. The first-order valence-electron chi connectivity index (χ1n) is 22.2. The molecule has 0 heterocycles. The van der Waals surface area contributed by atoms with Crippen LogP contribution in [0.25, 0.3) is 0 Å². The van der Waals surface area contributed by atoms with E-state index in [1.165, 1.54) is 0 Å². The van der Waals surface area contributed by atoms with E-state index < -0.39 is 145 Å². The fraction of sp³-hybridized carbons (Fsp3) is 0.727. The van der Waals surface area contributed by atoms with Crippen LogP contribution in [0, 0.1) is 0 Å². The molecule has 0 fully saturated rings. The van der Waals surface area contributed by atoms with Crippen molar-refractivity contribution in [2.24, 2.45) is 0 Å². The van der Waals surface area contributed by atoms with Crippen LogP contribution in [0.3, 0.4) is 0 Å². The van der Waals surface area contributed by atoms with E-state index in [0.29, 0.717) is 44.1 Å². The molecular weight excluding hydrogens is 1140 g/mol. The fourth-order valence-corrected chi connectivity index (χ4v) is 4.68. The Morgan fingerprint density at radius 2 is 0.423 bits per heavy atom. The van der Waals surface area contributed by atoms with Crippen LogP contribution < -0.4 is 40.9 Å². The van der Waals surface area contributed by atoms with Crippen molar-refractivity contribution in [2.75, 3.05) is 137 Å². The molecule has 4 unspecified atom stereocenters. The Morgan fingerprint density at radius 1 is 0.295 bits per heavy atom. The van der Waals surface area contributed by atoms with Gasteiger partial charge in [0.05, 0.1) is 134 Å². The van der Waals surface area contributed by atoms with Crippen molar-refractivity contribution >= 4 is 71.6 Å². The number of carboxylic acid groups (broad SMARTS) is 8. The zero-order valence-electron chi connectivity index (χ0n) is 45.4. The van der Waals surface area contributed by atoms with Crippen LogP contribution in [0.15, 0.2) is 0 Å². The molecular formula is C44H72Fe2N4O28. The number of esters is 4. The van der Waals surface area contributed by atoms with E-state index >= 15 is 0 Å². The maximum Gasteiger partial charge on any atom is 2.00 e. The molecule has 0 saturated heterocycles. The van der Waals surface area contributed by atoms with Gasteiger partial charge in [-0.1, -0.05) is 0 Å². The van der Waals surface area contributed by atoms with Crippen LogP contribution in [-0.4, -0.2) is 270 Å². The summed E-state index contributed by atoms with van der Waals surface area (Å²) in [5.74, 6) is -19.5. The molecule has 0 aromatic rings. The van der Waals surface area contributed by atoms with Gasteiger partial charge in [-0.2, -0.15) is 0 Å². The first kappa shape index (κ1) is 83.7. The smallest absolute Gasteiger partial charge is 0.550 e. The third-order valence-electron chi connectivity index (χ3n) is 9.11. The zero-order chi connectivity index (χ0) is 61.1. The largest absolute Gasteiger partial charge is 2.00 e. The van der Waals surface area contributed by atoms with E-state index in [4.69, 9.17) is 18.9 Å². The maximum atomic E-state index is 11.3. The van der Waals surface area contributed by atoms with E-state index in [1.807, 2.05) is 84.6 Å². The van der Waals surface area contributed by atoms with Crippen molar-refractivity contribution < 1.29 is 190 Å². The molecule has 0 spiro atoms. The van der Waals surface area contributed by atoms with Crippen LogP contribution in [0.1, 0.15) is 51.4 Å². The van der Waals surface area contributed by atoms with Crippen molar-refractivity contribution in [3.05, 3.63) is 0 Å². The summed E-state index contributed by atoms with van der Waals surface area (Å²) in [7, 11) is 22.4. The summed E-state index contributed by atoms with van der Waals surface area (Å²) in [5.41, 5.74) is -11.3. The number of aliphatic hydroxyl groups is 4. The Morgan fingerprint density at radius 3 is 0.513 bits per heavy atom. The predicted octanol–water partition coefficient (Wildman–Crippen LogP) is -15.0. The molecule has 0 saturated carbocycles. The van der Waals surface area contributed by atoms with E-state index in [2.05, 4.69) is 0 Å². The standard InChI is InChI=1S/4C11H19NO7.2Fe/c4*1-12(2,3)4-5-19-9(15)7-11(18,10(16)17)6-8(13)14;;/h4*18H,4-7H2,1-3H3,(H-,13,14,16,17);;/q;;;;2*+2/p-4. The van der Waals surface area contributed by atoms with Gasteiger partial charge in [0.15, 0.2) is 0 Å². The second kappa shape index (κ2) is 36.5. The Hall–Kier alpha value is -5.64. The van der Waals surface area contributed by atoms with Crippen LogP contribution in [0.2, 0.25) is 0 Å². The topological polar surface area (TPSA) is 507 Å². The minimum atomic E-state index is -2.81. The van der Waals surface area contributed by atoms with Crippen molar-refractivity contribution in [3.63, 3.8) is 0 Å². The summed E-state index contributed by atoms with van der Waals surface area (Å²) in [6.07, 6.45) is -8.94. The predicted molar refractivity (Wildman–Crippen MR) is 232 cm³/mol. The molecule has 0 bridgehead atoms. The first-order chi connectivity index (χ1) is 33.8. The van der Waals surface area contributed by atoms with Crippen LogP contribution >= 0.6 is 0 Å². The minimum Gasteiger partial charge on any atom is -0.550 e. The molecule has 34 heteroatoms. The van der Waals surface area contributed by atoms with Gasteiger partial charge >= 0.3 is 58.0 Å². The molecule has 0 aliphatic heterocycles. The molecule has 452 valence electrons. The average molecular weight is 1220 g/mol. The number of likely N-dealkylation sites (N-methyl/N-ethyl adjacent to an activating group) is 4. The number of quaternary nitrogens is 4. The van der Waals surface area contributed by atoms with Crippen molar-refractivity contribution in [1.29, 1.82) is 0 Å². The minimum absolute atomic E-state index is 0. The molecule has 78 heavy (non-hydrogen) atoms. The summed E-state index contributed by atoms with van der Waals surface area (Å²) >= 11 is 0. The Kier molecular flexibility index (Phi) is 39.2. The first-order valence-corrected chi connectivity index (χ1v) is 22.2. The van der Waals surface area contributed by atoms with E-state index in [1.54, 1.807) is 0 Å². The SMILES string of the molecule is C[N+](C)(C)CCOC(=O)CC(O)(CC(=O)[O-])C(=O)[O-].C[N+](C)(C)CCOC(=O)CC(O)(CC(=O)[O-])C(=O)[O-].C[N+](C)(C)CCOC(=O)CC(O)(CC(=O)[O-])C(=O)[O-].C[N+](C)(C)CCOC(=O)CC(O)(CC(=O)[O-])C(=O)[O-].[Fe+2].[Fe+2]. The normalized spacial score (nSPS) is 14.2. The van der Waals surface area contributed by atoms with Crippen LogP contribution in [-0.2, 0) is 111 Å². The average Bonchev–Trinajstić information content (AvgIpc) is 3.15. The number of hydrogen-bond donors (Lipinski definition) is 4. The van der Waals surface area contributed by atoms with Gasteiger partial charge in [0, 0.05) is 49.6 Å². The second-order valence-electron chi connectivity index (χ2n) is 21.1.